The number of anilines is 2. The van der Waals surface area contributed by atoms with Gasteiger partial charge in [0, 0.05) is 37.4 Å². The quantitative estimate of drug-likeness (QED) is 0.530. The molecular formula is C22H21Cl2N3O3. The van der Waals surface area contributed by atoms with Gasteiger partial charge in [-0.05, 0) is 43.3 Å². The number of amides is 2. The van der Waals surface area contributed by atoms with E-state index in [4.69, 9.17) is 23.2 Å². The summed E-state index contributed by atoms with van der Waals surface area (Å²) in [5.41, 5.74) is 1.99. The van der Waals surface area contributed by atoms with E-state index in [1.807, 2.05) is 29.2 Å². The normalized spacial score (nSPS) is 20.2. The summed E-state index contributed by atoms with van der Waals surface area (Å²) in [6, 6.07) is 11.9. The minimum Gasteiger partial charge on any atom is -0.369 e. The lowest BCUT2D eigenvalue weighted by Crippen LogP contribution is -2.52. The maximum Gasteiger partial charge on any atom is 0.251 e. The number of halogens is 2. The van der Waals surface area contributed by atoms with Gasteiger partial charge in [-0.2, -0.15) is 0 Å². The first-order valence-corrected chi connectivity index (χ1v) is 10.5. The number of hydrogen-bond donors (Lipinski definition) is 0. The molecule has 6 nitrogen and oxygen atoms in total. The highest BCUT2D eigenvalue weighted by Crippen LogP contribution is 2.37. The van der Waals surface area contributed by atoms with Crippen molar-refractivity contribution < 1.29 is 14.4 Å². The number of imide groups is 1. The highest BCUT2D eigenvalue weighted by Gasteiger charge is 2.44. The van der Waals surface area contributed by atoms with Gasteiger partial charge in [-0.3, -0.25) is 19.3 Å². The molecule has 0 bridgehead atoms. The van der Waals surface area contributed by atoms with E-state index in [1.165, 1.54) is 0 Å². The van der Waals surface area contributed by atoms with Crippen molar-refractivity contribution in [2.75, 3.05) is 36.0 Å². The van der Waals surface area contributed by atoms with Gasteiger partial charge in [0.05, 0.1) is 28.2 Å². The SMILES string of the molecule is CC(=O)c1ccc(N2CCN([C@H]3CC(=O)N(c4c(Cl)cccc4Cl)C3=O)CC2)cc1. The molecule has 30 heavy (non-hydrogen) atoms. The average Bonchev–Trinajstić information content (AvgIpc) is 3.02. The Morgan fingerprint density at radius 2 is 1.53 bits per heavy atom. The topological polar surface area (TPSA) is 60.9 Å². The molecule has 0 N–H and O–H groups in total. The number of nitrogens with zero attached hydrogens (tertiary/aromatic N) is 3. The van der Waals surface area contributed by atoms with E-state index in [2.05, 4.69) is 4.90 Å². The van der Waals surface area contributed by atoms with E-state index in [0.29, 0.717) is 18.7 Å². The van der Waals surface area contributed by atoms with Gasteiger partial charge in [0.1, 0.15) is 0 Å². The van der Waals surface area contributed by atoms with E-state index >= 15 is 0 Å². The molecule has 0 saturated carbocycles. The minimum atomic E-state index is -0.507. The predicted molar refractivity (Wildman–Crippen MR) is 118 cm³/mol. The summed E-state index contributed by atoms with van der Waals surface area (Å²) in [5.74, 6) is -0.532. The van der Waals surface area contributed by atoms with Crippen molar-refractivity contribution in [3.8, 4) is 0 Å². The van der Waals surface area contributed by atoms with Crippen LogP contribution in [0.4, 0.5) is 11.4 Å². The summed E-state index contributed by atoms with van der Waals surface area (Å²) in [5, 5.41) is 0.562. The van der Waals surface area contributed by atoms with Crippen LogP contribution in [0, 0.1) is 0 Å². The summed E-state index contributed by atoms with van der Waals surface area (Å²) < 4.78 is 0. The van der Waals surface area contributed by atoms with Crippen LogP contribution in [0.2, 0.25) is 10.0 Å². The number of carbonyl (C=O) groups is 3. The predicted octanol–water partition coefficient (Wildman–Crippen LogP) is 3.65. The summed E-state index contributed by atoms with van der Waals surface area (Å²) >= 11 is 12.4. The van der Waals surface area contributed by atoms with Crippen molar-refractivity contribution in [3.05, 3.63) is 58.1 Å². The van der Waals surface area contributed by atoms with Crippen LogP contribution < -0.4 is 9.80 Å². The van der Waals surface area contributed by atoms with Crippen LogP contribution in [0.3, 0.4) is 0 Å². The third-order valence-electron chi connectivity index (χ3n) is 5.68. The molecule has 2 saturated heterocycles. The van der Waals surface area contributed by atoms with Gasteiger partial charge in [-0.25, -0.2) is 4.90 Å². The van der Waals surface area contributed by atoms with Crippen LogP contribution >= 0.6 is 23.2 Å². The van der Waals surface area contributed by atoms with E-state index in [1.54, 1.807) is 25.1 Å². The number of rotatable bonds is 4. The Labute approximate surface area is 184 Å². The van der Waals surface area contributed by atoms with Crippen molar-refractivity contribution in [1.82, 2.24) is 4.90 Å². The number of carbonyl (C=O) groups excluding carboxylic acids is 3. The van der Waals surface area contributed by atoms with Gasteiger partial charge < -0.3 is 4.90 Å². The largest absolute Gasteiger partial charge is 0.369 e. The highest BCUT2D eigenvalue weighted by atomic mass is 35.5. The fraction of sp³-hybridized carbons (Fsp3) is 0.318. The van der Waals surface area contributed by atoms with Gasteiger partial charge in [0.15, 0.2) is 5.78 Å². The van der Waals surface area contributed by atoms with Crippen LogP contribution in [-0.2, 0) is 9.59 Å². The minimum absolute atomic E-state index is 0.0407. The number of Topliss-reactive ketones (excluding diaryl/α,β-unsaturated/α-hetero) is 1. The lowest BCUT2D eigenvalue weighted by Gasteiger charge is -2.38. The Bertz CT molecular complexity index is 981. The molecular weight excluding hydrogens is 425 g/mol. The number of ketones is 1. The first-order chi connectivity index (χ1) is 14.4. The lowest BCUT2D eigenvalue weighted by atomic mass is 10.1. The van der Waals surface area contributed by atoms with Crippen molar-refractivity contribution in [2.45, 2.75) is 19.4 Å². The highest BCUT2D eigenvalue weighted by molar-refractivity contribution is 6.42. The van der Waals surface area contributed by atoms with Crippen LogP contribution in [0.5, 0.6) is 0 Å². The molecule has 2 aromatic carbocycles. The molecule has 0 radical (unpaired) electrons. The van der Waals surface area contributed by atoms with Crippen LogP contribution in [-0.4, -0.2) is 54.7 Å². The zero-order chi connectivity index (χ0) is 21.4. The van der Waals surface area contributed by atoms with E-state index in [-0.39, 0.29) is 39.8 Å². The van der Waals surface area contributed by atoms with Gasteiger partial charge in [0.25, 0.3) is 5.91 Å². The first kappa shape index (κ1) is 20.8. The zero-order valence-corrected chi connectivity index (χ0v) is 18.0. The lowest BCUT2D eigenvalue weighted by molar-refractivity contribution is -0.123. The average molecular weight is 446 g/mol. The van der Waals surface area contributed by atoms with Crippen molar-refractivity contribution in [2.24, 2.45) is 0 Å². The van der Waals surface area contributed by atoms with E-state index in [9.17, 15) is 14.4 Å². The molecule has 0 aliphatic carbocycles. The summed E-state index contributed by atoms with van der Waals surface area (Å²) in [6.45, 7) is 4.31. The second-order valence-electron chi connectivity index (χ2n) is 7.48. The molecule has 2 aromatic rings. The fourth-order valence-electron chi connectivity index (χ4n) is 4.04. The van der Waals surface area contributed by atoms with Gasteiger partial charge in [-0.1, -0.05) is 29.3 Å². The molecule has 156 valence electrons. The van der Waals surface area contributed by atoms with Crippen molar-refractivity contribution in [3.63, 3.8) is 0 Å². The second-order valence-corrected chi connectivity index (χ2v) is 8.30. The third-order valence-corrected chi connectivity index (χ3v) is 6.29. The number of benzene rings is 2. The van der Waals surface area contributed by atoms with E-state index in [0.717, 1.165) is 23.7 Å². The van der Waals surface area contributed by atoms with Crippen LogP contribution in [0.25, 0.3) is 0 Å². The molecule has 2 aliphatic rings. The number of piperazine rings is 1. The standard InChI is InChI=1S/C22H21Cl2N3O3/c1-14(28)15-5-7-16(8-6-15)25-9-11-26(12-10-25)19-13-20(29)27(22(19)30)21-17(23)3-2-4-18(21)24/h2-8,19H,9-13H2,1H3/t19-/m0/s1. The fourth-order valence-corrected chi connectivity index (χ4v) is 4.60. The molecule has 2 amide bonds. The zero-order valence-electron chi connectivity index (χ0n) is 16.5. The third kappa shape index (κ3) is 3.83. The maximum atomic E-state index is 13.1. The Hall–Kier alpha value is -2.41. The molecule has 1 atom stereocenters. The first-order valence-electron chi connectivity index (χ1n) is 9.77. The molecule has 4 rings (SSSR count). The Balaban J connectivity index is 1.44. The molecule has 0 aromatic heterocycles. The molecule has 8 heteroatoms. The van der Waals surface area contributed by atoms with Crippen LogP contribution in [0.15, 0.2) is 42.5 Å². The van der Waals surface area contributed by atoms with E-state index < -0.39 is 6.04 Å². The number of para-hydroxylation sites is 1. The summed E-state index contributed by atoms with van der Waals surface area (Å²) in [6.07, 6.45) is 0.119. The molecule has 2 aliphatic heterocycles. The van der Waals surface area contributed by atoms with Gasteiger partial charge >= 0.3 is 0 Å². The van der Waals surface area contributed by atoms with Gasteiger partial charge in [0.2, 0.25) is 5.91 Å². The Morgan fingerprint density at radius 1 is 0.933 bits per heavy atom. The Kier molecular flexibility index (Phi) is 5.82. The number of hydrogen-bond acceptors (Lipinski definition) is 5. The molecule has 0 unspecified atom stereocenters. The molecule has 0 spiro atoms. The van der Waals surface area contributed by atoms with Crippen LogP contribution in [0.1, 0.15) is 23.7 Å². The van der Waals surface area contributed by atoms with Crippen molar-refractivity contribution >= 4 is 52.2 Å². The molecule has 2 heterocycles. The summed E-state index contributed by atoms with van der Waals surface area (Å²) in [4.78, 5) is 42.6. The second kappa shape index (κ2) is 8.38. The molecule has 2 fully saturated rings. The Morgan fingerprint density at radius 3 is 2.10 bits per heavy atom. The van der Waals surface area contributed by atoms with Crippen molar-refractivity contribution in [1.29, 1.82) is 0 Å². The maximum absolute atomic E-state index is 13.1. The smallest absolute Gasteiger partial charge is 0.251 e. The van der Waals surface area contributed by atoms with Gasteiger partial charge in [-0.15, -0.1) is 0 Å². The monoisotopic (exact) mass is 445 g/mol. The summed E-state index contributed by atoms with van der Waals surface area (Å²) in [7, 11) is 0.